The Morgan fingerprint density at radius 3 is 2.62 bits per heavy atom. The molecule has 1 saturated heterocycles. The predicted molar refractivity (Wildman–Crippen MR) is 115 cm³/mol. The highest BCUT2D eigenvalue weighted by molar-refractivity contribution is 5.48. The minimum Gasteiger partial charge on any atom is -0.493 e. The summed E-state index contributed by atoms with van der Waals surface area (Å²) in [5.74, 6) is 2.72. The number of pyridine rings is 1. The maximum atomic E-state index is 10.7. The number of methoxy groups -OCH3 is 1. The summed E-state index contributed by atoms with van der Waals surface area (Å²) < 4.78 is 11.9. The van der Waals surface area contributed by atoms with E-state index in [9.17, 15) is 5.11 Å². The minimum atomic E-state index is -0.442. The second-order valence-corrected chi connectivity index (χ2v) is 8.74. The summed E-state index contributed by atoms with van der Waals surface area (Å²) in [6.07, 6.45) is 6.33. The molecule has 0 unspecified atom stereocenters. The molecule has 2 heterocycles. The van der Waals surface area contributed by atoms with E-state index in [1.807, 2.05) is 37.4 Å². The van der Waals surface area contributed by atoms with Gasteiger partial charge >= 0.3 is 0 Å². The Balaban J connectivity index is 1.65. The van der Waals surface area contributed by atoms with Crippen LogP contribution in [0.2, 0.25) is 0 Å². The van der Waals surface area contributed by atoms with E-state index in [1.54, 1.807) is 7.11 Å². The molecule has 5 nitrogen and oxygen atoms in total. The molecule has 0 radical (unpaired) electrons. The van der Waals surface area contributed by atoms with Gasteiger partial charge < -0.3 is 19.5 Å². The van der Waals surface area contributed by atoms with E-state index in [0.717, 1.165) is 43.2 Å². The molecule has 29 heavy (non-hydrogen) atoms. The maximum Gasteiger partial charge on any atom is 0.161 e. The summed E-state index contributed by atoms with van der Waals surface area (Å²) in [5, 5.41) is 10.7. The van der Waals surface area contributed by atoms with Gasteiger partial charge in [-0.3, -0.25) is 0 Å². The molecule has 5 heteroatoms. The zero-order valence-corrected chi connectivity index (χ0v) is 17.7. The van der Waals surface area contributed by atoms with E-state index < -0.39 is 6.10 Å². The van der Waals surface area contributed by atoms with Crippen molar-refractivity contribution in [2.75, 3.05) is 25.1 Å². The van der Waals surface area contributed by atoms with Gasteiger partial charge in [-0.25, -0.2) is 4.98 Å². The molecular formula is C24H32N2O3. The average Bonchev–Trinajstić information content (AvgIpc) is 3.37. The van der Waals surface area contributed by atoms with Gasteiger partial charge in [-0.2, -0.15) is 0 Å². The Labute approximate surface area is 173 Å². The maximum absolute atomic E-state index is 10.7. The lowest BCUT2D eigenvalue weighted by Crippen LogP contribution is -2.37. The lowest BCUT2D eigenvalue weighted by molar-refractivity contribution is 0.0558. The highest BCUT2D eigenvalue weighted by Gasteiger charge is 2.47. The SMILES string of the molecule is COc1ccc([C@H]2CN(c3ccccn3)C[C@@]2(C)[C@@H](C)O)cc1OC1CCCC1. The molecule has 1 saturated carbocycles. The highest BCUT2D eigenvalue weighted by atomic mass is 16.5. The largest absolute Gasteiger partial charge is 0.493 e. The van der Waals surface area contributed by atoms with E-state index in [2.05, 4.69) is 28.9 Å². The smallest absolute Gasteiger partial charge is 0.161 e. The third kappa shape index (κ3) is 3.93. The molecule has 2 fully saturated rings. The monoisotopic (exact) mass is 396 g/mol. The summed E-state index contributed by atoms with van der Waals surface area (Å²) >= 11 is 0. The number of nitrogens with zero attached hydrogens (tertiary/aromatic N) is 2. The number of rotatable bonds is 6. The molecular weight excluding hydrogens is 364 g/mol. The third-order valence-corrected chi connectivity index (χ3v) is 6.84. The zero-order valence-electron chi connectivity index (χ0n) is 17.7. The first kappa shape index (κ1) is 20.0. The van der Waals surface area contributed by atoms with Gasteiger partial charge in [0.15, 0.2) is 11.5 Å². The lowest BCUT2D eigenvalue weighted by atomic mass is 9.72. The van der Waals surface area contributed by atoms with Gasteiger partial charge in [0.25, 0.3) is 0 Å². The fraction of sp³-hybridized carbons (Fsp3) is 0.542. The number of aliphatic hydroxyl groups excluding tert-OH is 1. The van der Waals surface area contributed by atoms with Gasteiger partial charge in [0, 0.05) is 30.6 Å². The van der Waals surface area contributed by atoms with Crippen molar-refractivity contribution in [2.45, 2.75) is 57.7 Å². The van der Waals surface area contributed by atoms with Gasteiger partial charge in [-0.1, -0.05) is 19.1 Å². The van der Waals surface area contributed by atoms with Crippen LogP contribution in [0.3, 0.4) is 0 Å². The van der Waals surface area contributed by atoms with Crippen molar-refractivity contribution >= 4 is 5.82 Å². The topological polar surface area (TPSA) is 54.8 Å². The molecule has 2 aliphatic rings. The van der Waals surface area contributed by atoms with Crippen molar-refractivity contribution in [2.24, 2.45) is 5.41 Å². The number of aliphatic hydroxyl groups is 1. The summed E-state index contributed by atoms with van der Waals surface area (Å²) in [6, 6.07) is 12.2. The van der Waals surface area contributed by atoms with E-state index in [-0.39, 0.29) is 17.4 Å². The second kappa shape index (κ2) is 8.23. The normalized spacial score (nSPS) is 25.9. The number of ether oxygens (including phenoxy) is 2. The van der Waals surface area contributed by atoms with E-state index >= 15 is 0 Å². The summed E-state index contributed by atoms with van der Waals surface area (Å²) in [4.78, 5) is 6.80. The van der Waals surface area contributed by atoms with Crippen LogP contribution >= 0.6 is 0 Å². The van der Waals surface area contributed by atoms with E-state index in [0.29, 0.717) is 0 Å². The number of hydrogen-bond acceptors (Lipinski definition) is 5. The molecule has 156 valence electrons. The second-order valence-electron chi connectivity index (χ2n) is 8.74. The van der Waals surface area contributed by atoms with Gasteiger partial charge in [0.2, 0.25) is 0 Å². The van der Waals surface area contributed by atoms with Gasteiger partial charge in [0.1, 0.15) is 5.82 Å². The number of anilines is 1. The Morgan fingerprint density at radius 2 is 1.97 bits per heavy atom. The molecule has 0 amide bonds. The lowest BCUT2D eigenvalue weighted by Gasteiger charge is -2.34. The van der Waals surface area contributed by atoms with Crippen LogP contribution in [0, 0.1) is 5.41 Å². The summed E-state index contributed by atoms with van der Waals surface area (Å²) in [6.45, 7) is 5.65. The average molecular weight is 397 g/mol. The van der Waals surface area contributed by atoms with Crippen molar-refractivity contribution in [1.82, 2.24) is 4.98 Å². The van der Waals surface area contributed by atoms with Crippen molar-refractivity contribution in [3.63, 3.8) is 0 Å². The van der Waals surface area contributed by atoms with Crippen LogP contribution in [-0.2, 0) is 0 Å². The first-order chi connectivity index (χ1) is 14.0. The molecule has 0 bridgehead atoms. The van der Waals surface area contributed by atoms with Crippen LogP contribution in [-0.4, -0.2) is 42.5 Å². The van der Waals surface area contributed by atoms with Crippen LogP contribution in [0.1, 0.15) is 51.0 Å². The standard InChI is InChI=1S/C24H32N2O3/c1-17(27)24(2)16-26(23-10-6-7-13-25-23)15-20(24)18-11-12-21(28-3)22(14-18)29-19-8-4-5-9-19/h6-7,10-14,17,19-20,27H,4-5,8-9,15-16H2,1-3H3/t17-,20-,24+/m1/s1. The fourth-order valence-electron chi connectivity index (χ4n) is 4.83. The molecule has 1 N–H and O–H groups in total. The molecule has 1 aliphatic carbocycles. The molecule has 1 aromatic heterocycles. The Bertz CT molecular complexity index is 820. The highest BCUT2D eigenvalue weighted by Crippen LogP contribution is 2.47. The van der Waals surface area contributed by atoms with Gasteiger partial charge in [-0.15, -0.1) is 0 Å². The third-order valence-electron chi connectivity index (χ3n) is 6.84. The number of aromatic nitrogens is 1. The molecule has 3 atom stereocenters. The Hall–Kier alpha value is -2.27. The van der Waals surface area contributed by atoms with Crippen LogP contribution < -0.4 is 14.4 Å². The Morgan fingerprint density at radius 1 is 1.17 bits per heavy atom. The van der Waals surface area contributed by atoms with Crippen LogP contribution in [0.4, 0.5) is 5.82 Å². The van der Waals surface area contributed by atoms with Crippen molar-refractivity contribution in [3.05, 3.63) is 48.2 Å². The minimum absolute atomic E-state index is 0.168. The van der Waals surface area contributed by atoms with Crippen molar-refractivity contribution in [1.29, 1.82) is 0 Å². The van der Waals surface area contributed by atoms with Crippen molar-refractivity contribution < 1.29 is 14.6 Å². The Kier molecular flexibility index (Phi) is 5.68. The molecule has 1 aliphatic heterocycles. The summed E-state index contributed by atoms with van der Waals surface area (Å²) in [5.41, 5.74) is 0.900. The van der Waals surface area contributed by atoms with Crippen LogP contribution in [0.25, 0.3) is 0 Å². The first-order valence-corrected chi connectivity index (χ1v) is 10.7. The van der Waals surface area contributed by atoms with Crippen molar-refractivity contribution in [3.8, 4) is 11.5 Å². The quantitative estimate of drug-likeness (QED) is 0.784. The molecule has 1 aromatic carbocycles. The van der Waals surface area contributed by atoms with Gasteiger partial charge in [-0.05, 0) is 62.4 Å². The molecule has 2 aromatic rings. The molecule has 0 spiro atoms. The number of benzene rings is 1. The van der Waals surface area contributed by atoms with Crippen LogP contribution in [0.15, 0.2) is 42.6 Å². The molecule has 4 rings (SSSR count). The van der Waals surface area contributed by atoms with E-state index in [4.69, 9.17) is 9.47 Å². The van der Waals surface area contributed by atoms with E-state index in [1.165, 1.54) is 18.4 Å². The first-order valence-electron chi connectivity index (χ1n) is 10.7. The predicted octanol–water partition coefficient (Wildman–Crippen LogP) is 4.40. The fourth-order valence-corrected chi connectivity index (χ4v) is 4.83. The summed E-state index contributed by atoms with van der Waals surface area (Å²) in [7, 11) is 1.69. The zero-order chi connectivity index (χ0) is 20.4. The number of hydrogen-bond donors (Lipinski definition) is 1. The van der Waals surface area contributed by atoms with Gasteiger partial charge in [0.05, 0.1) is 19.3 Å². The van der Waals surface area contributed by atoms with Crippen LogP contribution in [0.5, 0.6) is 11.5 Å².